The summed E-state index contributed by atoms with van der Waals surface area (Å²) in [6.07, 6.45) is 0. The summed E-state index contributed by atoms with van der Waals surface area (Å²) < 4.78 is 0. The fourth-order valence-electron chi connectivity index (χ4n) is 1.01. The molecule has 0 radical (unpaired) electrons. The molecule has 4 nitrogen and oxygen atoms in total. The second kappa shape index (κ2) is 5.96. The number of hydrogen-bond acceptors (Lipinski definition) is 3. The molecule has 14 heavy (non-hydrogen) atoms. The second-order valence-corrected chi connectivity index (χ2v) is 2.53. The Balaban J connectivity index is 0.000000791. The van der Waals surface area contributed by atoms with E-state index in [1.54, 1.807) is 19.2 Å². The SMILES string of the molecule is CC.CNc1cc(C)ccc1[N+](=O)[O-]. The fraction of sp³-hybridized carbons (Fsp3) is 0.400. The molecular formula is C10H16N2O2. The zero-order chi connectivity index (χ0) is 11.1. The number of benzene rings is 1. The Bertz CT molecular complexity index is 311. The molecule has 0 heterocycles. The van der Waals surface area contributed by atoms with E-state index in [0.717, 1.165) is 5.56 Å². The van der Waals surface area contributed by atoms with Gasteiger partial charge < -0.3 is 5.32 Å². The summed E-state index contributed by atoms with van der Waals surface area (Å²) in [5.74, 6) is 0. The first-order valence-electron chi connectivity index (χ1n) is 4.58. The molecule has 0 saturated carbocycles. The maximum atomic E-state index is 10.5. The molecule has 0 amide bonds. The Kier molecular flexibility index (Phi) is 5.29. The first kappa shape index (κ1) is 12.4. The molecule has 0 bridgehead atoms. The van der Waals surface area contributed by atoms with Crippen LogP contribution in [0.15, 0.2) is 18.2 Å². The zero-order valence-electron chi connectivity index (χ0n) is 9.00. The van der Waals surface area contributed by atoms with E-state index in [1.165, 1.54) is 6.07 Å². The standard InChI is InChI=1S/C8H10N2O2.C2H6/c1-6-3-4-8(10(11)12)7(5-6)9-2;1-2/h3-5,9H,1-2H3;1-2H3. The van der Waals surface area contributed by atoms with Crippen molar-refractivity contribution in [2.45, 2.75) is 20.8 Å². The molecule has 0 aliphatic heterocycles. The molecule has 0 aromatic heterocycles. The topological polar surface area (TPSA) is 55.2 Å². The third-order valence-corrected chi connectivity index (χ3v) is 1.62. The summed E-state index contributed by atoms with van der Waals surface area (Å²) in [5.41, 5.74) is 1.67. The van der Waals surface area contributed by atoms with Crippen LogP contribution in [0, 0.1) is 17.0 Å². The van der Waals surface area contributed by atoms with Crippen LogP contribution in [0.25, 0.3) is 0 Å². The molecule has 0 saturated heterocycles. The van der Waals surface area contributed by atoms with E-state index in [0.29, 0.717) is 5.69 Å². The van der Waals surface area contributed by atoms with Gasteiger partial charge in [0.05, 0.1) is 4.92 Å². The highest BCUT2D eigenvalue weighted by Crippen LogP contribution is 2.24. The Labute approximate surface area is 84.1 Å². The van der Waals surface area contributed by atoms with E-state index < -0.39 is 4.92 Å². The van der Waals surface area contributed by atoms with Crippen molar-refractivity contribution in [3.8, 4) is 0 Å². The molecule has 0 spiro atoms. The summed E-state index contributed by atoms with van der Waals surface area (Å²) in [6, 6.07) is 4.97. The minimum atomic E-state index is -0.398. The minimum Gasteiger partial charge on any atom is -0.383 e. The Morgan fingerprint density at radius 2 is 1.93 bits per heavy atom. The van der Waals surface area contributed by atoms with Crippen molar-refractivity contribution in [1.29, 1.82) is 0 Å². The smallest absolute Gasteiger partial charge is 0.292 e. The third kappa shape index (κ3) is 3.05. The number of nitro groups is 1. The molecule has 1 aromatic rings. The van der Waals surface area contributed by atoms with Gasteiger partial charge in [0.25, 0.3) is 5.69 Å². The second-order valence-electron chi connectivity index (χ2n) is 2.53. The number of nitrogens with one attached hydrogen (secondary N) is 1. The minimum absolute atomic E-state index is 0.114. The van der Waals surface area contributed by atoms with Crippen molar-refractivity contribution in [3.63, 3.8) is 0 Å². The number of rotatable bonds is 2. The molecule has 0 fully saturated rings. The van der Waals surface area contributed by atoms with E-state index in [1.807, 2.05) is 20.8 Å². The van der Waals surface area contributed by atoms with Crippen molar-refractivity contribution in [2.75, 3.05) is 12.4 Å². The van der Waals surface area contributed by atoms with Crippen molar-refractivity contribution >= 4 is 11.4 Å². The lowest BCUT2D eigenvalue weighted by Gasteiger charge is -2.01. The predicted octanol–water partition coefficient (Wildman–Crippen LogP) is 2.97. The van der Waals surface area contributed by atoms with Gasteiger partial charge in [0.15, 0.2) is 0 Å². The number of hydrogen-bond donors (Lipinski definition) is 1. The highest BCUT2D eigenvalue weighted by Gasteiger charge is 2.10. The van der Waals surface area contributed by atoms with Gasteiger partial charge in [-0.1, -0.05) is 19.9 Å². The van der Waals surface area contributed by atoms with Crippen LogP contribution in [0.2, 0.25) is 0 Å². The highest BCUT2D eigenvalue weighted by molar-refractivity contribution is 5.62. The van der Waals surface area contributed by atoms with Gasteiger partial charge in [0, 0.05) is 13.1 Å². The van der Waals surface area contributed by atoms with Crippen molar-refractivity contribution in [3.05, 3.63) is 33.9 Å². The maximum Gasteiger partial charge on any atom is 0.292 e. The summed E-state index contributed by atoms with van der Waals surface area (Å²) in [6.45, 7) is 5.89. The Morgan fingerprint density at radius 1 is 1.36 bits per heavy atom. The monoisotopic (exact) mass is 196 g/mol. The molecule has 1 N–H and O–H groups in total. The van der Waals surface area contributed by atoms with Crippen LogP contribution in [0.1, 0.15) is 19.4 Å². The van der Waals surface area contributed by atoms with Crippen molar-refractivity contribution < 1.29 is 4.92 Å². The van der Waals surface area contributed by atoms with E-state index in [-0.39, 0.29) is 5.69 Å². The molecule has 1 aromatic carbocycles. The van der Waals surface area contributed by atoms with Crippen LogP contribution in [0.5, 0.6) is 0 Å². The van der Waals surface area contributed by atoms with Gasteiger partial charge in [-0.2, -0.15) is 0 Å². The molecule has 0 atom stereocenters. The molecule has 1 rings (SSSR count). The van der Waals surface area contributed by atoms with Crippen molar-refractivity contribution in [2.24, 2.45) is 0 Å². The van der Waals surface area contributed by atoms with Gasteiger partial charge in [0.2, 0.25) is 0 Å². The summed E-state index contributed by atoms with van der Waals surface area (Å²) in [4.78, 5) is 10.1. The van der Waals surface area contributed by atoms with E-state index in [2.05, 4.69) is 5.32 Å². The third-order valence-electron chi connectivity index (χ3n) is 1.62. The van der Waals surface area contributed by atoms with Gasteiger partial charge in [-0.3, -0.25) is 10.1 Å². The van der Waals surface area contributed by atoms with Gasteiger partial charge in [0.1, 0.15) is 5.69 Å². The average Bonchev–Trinajstić information content (AvgIpc) is 2.20. The van der Waals surface area contributed by atoms with Crippen LogP contribution in [-0.4, -0.2) is 12.0 Å². The number of aryl methyl sites for hydroxylation is 1. The van der Waals surface area contributed by atoms with Crippen LogP contribution in [0.4, 0.5) is 11.4 Å². The predicted molar refractivity (Wildman–Crippen MR) is 58.7 cm³/mol. The lowest BCUT2D eigenvalue weighted by Crippen LogP contribution is -1.96. The Hall–Kier alpha value is -1.58. The van der Waals surface area contributed by atoms with Gasteiger partial charge in [-0.05, 0) is 18.6 Å². The molecule has 4 heteroatoms. The lowest BCUT2D eigenvalue weighted by molar-refractivity contribution is -0.383. The van der Waals surface area contributed by atoms with Crippen molar-refractivity contribution in [1.82, 2.24) is 0 Å². The quantitative estimate of drug-likeness (QED) is 0.584. The molecule has 78 valence electrons. The number of anilines is 1. The molecule has 0 aliphatic carbocycles. The summed E-state index contributed by atoms with van der Waals surface area (Å²) >= 11 is 0. The first-order valence-corrected chi connectivity index (χ1v) is 4.58. The highest BCUT2D eigenvalue weighted by atomic mass is 16.6. The zero-order valence-corrected chi connectivity index (χ0v) is 9.00. The van der Waals surface area contributed by atoms with E-state index >= 15 is 0 Å². The van der Waals surface area contributed by atoms with Gasteiger partial charge in [-0.15, -0.1) is 0 Å². The largest absolute Gasteiger partial charge is 0.383 e. The van der Waals surface area contributed by atoms with Gasteiger partial charge >= 0.3 is 0 Å². The number of nitrogens with zero attached hydrogens (tertiary/aromatic N) is 1. The van der Waals surface area contributed by atoms with E-state index in [4.69, 9.17) is 0 Å². The molecule has 0 unspecified atom stereocenters. The van der Waals surface area contributed by atoms with Crippen LogP contribution >= 0.6 is 0 Å². The average molecular weight is 196 g/mol. The normalized spacial score (nSPS) is 8.57. The molecule has 0 aliphatic rings. The van der Waals surface area contributed by atoms with Crippen LogP contribution < -0.4 is 5.32 Å². The van der Waals surface area contributed by atoms with Crippen LogP contribution in [0.3, 0.4) is 0 Å². The van der Waals surface area contributed by atoms with Gasteiger partial charge in [-0.25, -0.2) is 0 Å². The summed E-state index contributed by atoms with van der Waals surface area (Å²) in [5, 5.41) is 13.2. The maximum absolute atomic E-state index is 10.5. The molecular weight excluding hydrogens is 180 g/mol. The lowest BCUT2D eigenvalue weighted by atomic mass is 10.2. The van der Waals surface area contributed by atoms with Crippen LogP contribution in [-0.2, 0) is 0 Å². The number of nitro benzene ring substituents is 1. The fourth-order valence-corrected chi connectivity index (χ4v) is 1.01. The van der Waals surface area contributed by atoms with E-state index in [9.17, 15) is 10.1 Å². The first-order chi connectivity index (χ1) is 6.65. The summed E-state index contributed by atoms with van der Waals surface area (Å²) in [7, 11) is 1.67. The Morgan fingerprint density at radius 3 is 2.36 bits per heavy atom.